The Balaban J connectivity index is 1.98. The predicted octanol–water partition coefficient (Wildman–Crippen LogP) is 2.65. The molecule has 2 rings (SSSR count). The molecule has 1 N–H and O–H groups in total. The van der Waals surface area contributed by atoms with Crippen LogP contribution in [0.25, 0.3) is 0 Å². The second kappa shape index (κ2) is 6.78. The SMILES string of the molecule is COc1c(C)cnc(CNC(=O)N2CCCC(C)C2)c1C. The fourth-order valence-corrected chi connectivity index (χ4v) is 2.89. The Morgan fingerprint density at radius 1 is 1.52 bits per heavy atom. The summed E-state index contributed by atoms with van der Waals surface area (Å²) in [6.45, 7) is 8.26. The van der Waals surface area contributed by atoms with Gasteiger partial charge in [0.1, 0.15) is 5.75 Å². The highest BCUT2D eigenvalue weighted by molar-refractivity contribution is 5.74. The molecule has 1 atom stereocenters. The Morgan fingerprint density at radius 2 is 2.29 bits per heavy atom. The summed E-state index contributed by atoms with van der Waals surface area (Å²) in [5.41, 5.74) is 2.86. The Morgan fingerprint density at radius 3 is 2.95 bits per heavy atom. The van der Waals surface area contributed by atoms with E-state index in [2.05, 4.69) is 17.2 Å². The molecule has 2 amide bonds. The molecule has 5 heteroatoms. The van der Waals surface area contributed by atoms with Crippen molar-refractivity contribution < 1.29 is 9.53 Å². The van der Waals surface area contributed by atoms with Gasteiger partial charge in [0.2, 0.25) is 0 Å². The number of aryl methyl sites for hydroxylation is 1. The first-order chi connectivity index (χ1) is 10.0. The van der Waals surface area contributed by atoms with Crippen LogP contribution in [0.1, 0.15) is 36.6 Å². The van der Waals surface area contributed by atoms with Crippen LogP contribution in [0.4, 0.5) is 4.79 Å². The Bertz CT molecular complexity index is 516. The fraction of sp³-hybridized carbons (Fsp3) is 0.625. The van der Waals surface area contributed by atoms with Gasteiger partial charge in [-0.3, -0.25) is 4.98 Å². The summed E-state index contributed by atoms with van der Waals surface area (Å²) in [7, 11) is 1.66. The van der Waals surface area contributed by atoms with Gasteiger partial charge in [0, 0.05) is 30.4 Å². The van der Waals surface area contributed by atoms with E-state index in [4.69, 9.17) is 4.74 Å². The third kappa shape index (κ3) is 3.65. The van der Waals surface area contributed by atoms with Gasteiger partial charge >= 0.3 is 6.03 Å². The minimum atomic E-state index is 0.00212. The van der Waals surface area contributed by atoms with Crippen molar-refractivity contribution in [2.45, 2.75) is 40.2 Å². The number of piperidine rings is 1. The number of nitrogens with zero attached hydrogens (tertiary/aromatic N) is 2. The molecule has 1 aliphatic rings. The van der Waals surface area contributed by atoms with E-state index < -0.39 is 0 Å². The van der Waals surface area contributed by atoms with Crippen LogP contribution in [0, 0.1) is 19.8 Å². The number of ether oxygens (including phenoxy) is 1. The van der Waals surface area contributed by atoms with E-state index in [0.29, 0.717) is 12.5 Å². The minimum Gasteiger partial charge on any atom is -0.496 e. The van der Waals surface area contributed by atoms with E-state index >= 15 is 0 Å². The average molecular weight is 291 g/mol. The van der Waals surface area contributed by atoms with Crippen molar-refractivity contribution in [3.8, 4) is 5.75 Å². The summed E-state index contributed by atoms with van der Waals surface area (Å²) >= 11 is 0. The highest BCUT2D eigenvalue weighted by Crippen LogP contribution is 2.23. The summed E-state index contributed by atoms with van der Waals surface area (Å²) in [5.74, 6) is 1.43. The maximum absolute atomic E-state index is 12.2. The van der Waals surface area contributed by atoms with Gasteiger partial charge in [0.15, 0.2) is 0 Å². The normalized spacial score (nSPS) is 18.5. The summed E-state index contributed by atoms with van der Waals surface area (Å²) in [5, 5.41) is 2.97. The van der Waals surface area contributed by atoms with Crippen molar-refractivity contribution in [1.82, 2.24) is 15.2 Å². The summed E-state index contributed by atoms with van der Waals surface area (Å²) in [4.78, 5) is 18.5. The first-order valence-corrected chi connectivity index (χ1v) is 7.54. The van der Waals surface area contributed by atoms with Gasteiger partial charge in [-0.05, 0) is 32.6 Å². The van der Waals surface area contributed by atoms with E-state index in [1.807, 2.05) is 18.7 Å². The molecule has 1 aliphatic heterocycles. The Kier molecular flexibility index (Phi) is 5.04. The highest BCUT2D eigenvalue weighted by atomic mass is 16.5. The quantitative estimate of drug-likeness (QED) is 0.931. The number of urea groups is 1. The fourth-order valence-electron chi connectivity index (χ4n) is 2.89. The molecule has 0 saturated carbocycles. The van der Waals surface area contributed by atoms with Crippen molar-refractivity contribution in [1.29, 1.82) is 0 Å². The molecule has 0 radical (unpaired) electrons. The topological polar surface area (TPSA) is 54.5 Å². The molecule has 1 aromatic rings. The van der Waals surface area contributed by atoms with Gasteiger partial charge in [0.05, 0.1) is 19.3 Å². The molecular weight excluding hydrogens is 266 g/mol. The number of carbonyl (C=O) groups is 1. The second-order valence-electron chi connectivity index (χ2n) is 5.90. The van der Waals surface area contributed by atoms with Crippen molar-refractivity contribution in [3.05, 3.63) is 23.0 Å². The number of pyridine rings is 1. The molecule has 2 heterocycles. The van der Waals surface area contributed by atoms with E-state index in [-0.39, 0.29) is 6.03 Å². The van der Waals surface area contributed by atoms with E-state index in [1.165, 1.54) is 6.42 Å². The van der Waals surface area contributed by atoms with Gasteiger partial charge in [-0.2, -0.15) is 0 Å². The van der Waals surface area contributed by atoms with Gasteiger partial charge in [0.25, 0.3) is 0 Å². The van der Waals surface area contributed by atoms with Crippen LogP contribution in [-0.2, 0) is 6.54 Å². The lowest BCUT2D eigenvalue weighted by molar-refractivity contribution is 0.169. The molecule has 0 aromatic carbocycles. The number of hydrogen-bond donors (Lipinski definition) is 1. The zero-order chi connectivity index (χ0) is 15.4. The van der Waals surface area contributed by atoms with Crippen LogP contribution in [0.5, 0.6) is 5.75 Å². The van der Waals surface area contributed by atoms with E-state index in [9.17, 15) is 4.79 Å². The van der Waals surface area contributed by atoms with Gasteiger partial charge in [-0.1, -0.05) is 6.92 Å². The number of methoxy groups -OCH3 is 1. The molecule has 0 spiro atoms. The van der Waals surface area contributed by atoms with Crippen molar-refractivity contribution in [2.24, 2.45) is 5.92 Å². The van der Waals surface area contributed by atoms with Crippen molar-refractivity contribution in [3.63, 3.8) is 0 Å². The summed E-state index contributed by atoms with van der Waals surface area (Å²) in [6.07, 6.45) is 4.08. The summed E-state index contributed by atoms with van der Waals surface area (Å²) in [6, 6.07) is 0.00212. The zero-order valence-electron chi connectivity index (χ0n) is 13.4. The minimum absolute atomic E-state index is 0.00212. The van der Waals surface area contributed by atoms with E-state index in [0.717, 1.165) is 42.1 Å². The Hall–Kier alpha value is -1.78. The molecule has 1 unspecified atom stereocenters. The number of rotatable bonds is 3. The maximum atomic E-state index is 12.2. The average Bonchev–Trinajstić information content (AvgIpc) is 2.46. The van der Waals surface area contributed by atoms with Crippen LogP contribution in [0.2, 0.25) is 0 Å². The standard InChI is InChI=1S/C16H25N3O2/c1-11-6-5-7-19(10-11)16(20)18-9-14-13(3)15(21-4)12(2)8-17-14/h8,11H,5-7,9-10H2,1-4H3,(H,18,20). The van der Waals surface area contributed by atoms with E-state index in [1.54, 1.807) is 13.3 Å². The third-order valence-electron chi connectivity index (χ3n) is 4.10. The van der Waals surface area contributed by atoms with Crippen LogP contribution >= 0.6 is 0 Å². The van der Waals surface area contributed by atoms with Crippen molar-refractivity contribution >= 4 is 6.03 Å². The third-order valence-corrected chi connectivity index (χ3v) is 4.10. The molecule has 21 heavy (non-hydrogen) atoms. The highest BCUT2D eigenvalue weighted by Gasteiger charge is 2.21. The molecule has 116 valence electrons. The lowest BCUT2D eigenvalue weighted by Crippen LogP contribution is -2.44. The number of amides is 2. The molecule has 5 nitrogen and oxygen atoms in total. The smallest absolute Gasteiger partial charge is 0.317 e. The molecule has 1 aromatic heterocycles. The lowest BCUT2D eigenvalue weighted by atomic mass is 10.0. The molecule has 0 bridgehead atoms. The monoisotopic (exact) mass is 291 g/mol. The van der Waals surface area contributed by atoms with Crippen LogP contribution < -0.4 is 10.1 Å². The summed E-state index contributed by atoms with van der Waals surface area (Å²) < 4.78 is 5.39. The molecular formula is C16H25N3O2. The number of aromatic nitrogens is 1. The van der Waals surface area contributed by atoms with Gasteiger partial charge < -0.3 is 15.0 Å². The first kappa shape index (κ1) is 15.6. The van der Waals surface area contributed by atoms with Crippen molar-refractivity contribution in [2.75, 3.05) is 20.2 Å². The lowest BCUT2D eigenvalue weighted by Gasteiger charge is -2.31. The number of carbonyl (C=O) groups excluding carboxylic acids is 1. The molecule has 1 saturated heterocycles. The zero-order valence-corrected chi connectivity index (χ0v) is 13.4. The van der Waals surface area contributed by atoms with Crippen LogP contribution in [0.15, 0.2) is 6.20 Å². The maximum Gasteiger partial charge on any atom is 0.317 e. The molecule has 1 fully saturated rings. The number of likely N-dealkylation sites (tertiary alicyclic amines) is 1. The number of nitrogens with one attached hydrogen (secondary N) is 1. The van der Waals surface area contributed by atoms with Crippen LogP contribution in [0.3, 0.4) is 0 Å². The number of hydrogen-bond acceptors (Lipinski definition) is 3. The first-order valence-electron chi connectivity index (χ1n) is 7.54. The predicted molar refractivity (Wildman–Crippen MR) is 82.5 cm³/mol. The Labute approximate surface area is 126 Å². The second-order valence-corrected chi connectivity index (χ2v) is 5.90. The van der Waals surface area contributed by atoms with Gasteiger partial charge in [-0.25, -0.2) is 4.79 Å². The van der Waals surface area contributed by atoms with Crippen LogP contribution in [-0.4, -0.2) is 36.1 Å². The largest absolute Gasteiger partial charge is 0.496 e. The van der Waals surface area contributed by atoms with Gasteiger partial charge in [-0.15, -0.1) is 0 Å². The molecule has 0 aliphatic carbocycles.